The van der Waals surface area contributed by atoms with Gasteiger partial charge < -0.3 is 9.84 Å². The van der Waals surface area contributed by atoms with E-state index in [1.54, 1.807) is 24.3 Å². The predicted molar refractivity (Wildman–Crippen MR) is 59.3 cm³/mol. The van der Waals surface area contributed by atoms with Gasteiger partial charge in [-0.05, 0) is 19.1 Å². The van der Waals surface area contributed by atoms with Gasteiger partial charge in [-0.15, -0.1) is 0 Å². The van der Waals surface area contributed by atoms with Crippen LogP contribution >= 0.6 is 0 Å². The van der Waals surface area contributed by atoms with Gasteiger partial charge in [0.25, 0.3) is 0 Å². The van der Waals surface area contributed by atoms with Crippen LogP contribution in [0.5, 0.6) is 5.75 Å². The van der Waals surface area contributed by atoms with Gasteiger partial charge in [-0.25, -0.2) is 4.79 Å². The maximum absolute atomic E-state index is 11.1. The fourth-order valence-electron chi connectivity index (χ4n) is 1.26. The standard InChI is InChI=1S/C12H12O4/c1-8(13)10(12(14)15)7-9-5-3-4-6-11(9)16-2/h3-7H,1-2H3,(H,14,15)/b10-7+. The van der Waals surface area contributed by atoms with Gasteiger partial charge in [-0.1, -0.05) is 18.2 Å². The number of methoxy groups -OCH3 is 1. The van der Waals surface area contributed by atoms with Crippen LogP contribution in [0.25, 0.3) is 6.08 Å². The number of ether oxygens (including phenoxy) is 1. The summed E-state index contributed by atoms with van der Waals surface area (Å²) >= 11 is 0. The van der Waals surface area contributed by atoms with Crippen molar-refractivity contribution in [2.75, 3.05) is 7.11 Å². The number of hydrogen-bond acceptors (Lipinski definition) is 3. The van der Waals surface area contributed by atoms with Crippen LogP contribution in [0.2, 0.25) is 0 Å². The molecule has 0 fully saturated rings. The molecule has 0 unspecified atom stereocenters. The van der Waals surface area contributed by atoms with E-state index in [-0.39, 0.29) is 5.57 Å². The van der Waals surface area contributed by atoms with Gasteiger partial charge in [0.15, 0.2) is 5.78 Å². The van der Waals surface area contributed by atoms with Crippen molar-refractivity contribution in [3.05, 3.63) is 35.4 Å². The molecule has 0 saturated carbocycles. The highest BCUT2D eigenvalue weighted by Crippen LogP contribution is 2.20. The molecule has 1 aromatic rings. The molecule has 0 aliphatic rings. The van der Waals surface area contributed by atoms with Crippen LogP contribution < -0.4 is 4.74 Å². The SMILES string of the molecule is COc1ccccc1/C=C(\C(C)=O)C(=O)O. The first-order valence-electron chi connectivity index (χ1n) is 4.65. The molecule has 0 aliphatic heterocycles. The van der Waals surface area contributed by atoms with E-state index in [1.807, 2.05) is 0 Å². The van der Waals surface area contributed by atoms with Crippen molar-refractivity contribution in [1.29, 1.82) is 0 Å². The fraction of sp³-hybridized carbons (Fsp3) is 0.167. The van der Waals surface area contributed by atoms with E-state index in [4.69, 9.17) is 9.84 Å². The third-order valence-electron chi connectivity index (χ3n) is 2.05. The summed E-state index contributed by atoms with van der Waals surface area (Å²) in [5.74, 6) is -1.20. The first-order valence-corrected chi connectivity index (χ1v) is 4.65. The molecular weight excluding hydrogens is 208 g/mol. The zero-order valence-electron chi connectivity index (χ0n) is 9.06. The van der Waals surface area contributed by atoms with Gasteiger partial charge in [-0.3, -0.25) is 4.79 Å². The molecule has 0 saturated heterocycles. The molecule has 1 N–H and O–H groups in total. The van der Waals surface area contributed by atoms with Gasteiger partial charge >= 0.3 is 5.97 Å². The lowest BCUT2D eigenvalue weighted by molar-refractivity contribution is -0.134. The number of Topliss-reactive ketones (excluding diaryl/α,β-unsaturated/α-hetero) is 1. The smallest absolute Gasteiger partial charge is 0.339 e. The number of aliphatic carboxylic acids is 1. The van der Waals surface area contributed by atoms with Gasteiger partial charge in [0, 0.05) is 5.56 Å². The number of ketones is 1. The third-order valence-corrected chi connectivity index (χ3v) is 2.05. The van der Waals surface area contributed by atoms with Gasteiger partial charge in [0.1, 0.15) is 11.3 Å². The maximum atomic E-state index is 11.1. The second-order valence-corrected chi connectivity index (χ2v) is 3.16. The number of carbonyl (C=O) groups excluding carboxylic acids is 1. The van der Waals surface area contributed by atoms with Gasteiger partial charge in [0.2, 0.25) is 0 Å². The molecule has 84 valence electrons. The van der Waals surface area contributed by atoms with Crippen molar-refractivity contribution in [3.8, 4) is 5.75 Å². The van der Waals surface area contributed by atoms with Crippen molar-refractivity contribution >= 4 is 17.8 Å². The Morgan fingerprint density at radius 3 is 2.44 bits per heavy atom. The van der Waals surface area contributed by atoms with E-state index in [1.165, 1.54) is 20.1 Å². The summed E-state index contributed by atoms with van der Waals surface area (Å²) in [6.45, 7) is 1.22. The van der Waals surface area contributed by atoms with Gasteiger partial charge in [-0.2, -0.15) is 0 Å². The van der Waals surface area contributed by atoms with Crippen molar-refractivity contribution < 1.29 is 19.4 Å². The van der Waals surface area contributed by atoms with Crippen LogP contribution in [-0.4, -0.2) is 24.0 Å². The Labute approximate surface area is 93.2 Å². The number of carbonyl (C=O) groups is 2. The molecule has 0 heterocycles. The fourth-order valence-corrected chi connectivity index (χ4v) is 1.26. The predicted octanol–water partition coefficient (Wildman–Crippen LogP) is 1.75. The third kappa shape index (κ3) is 2.70. The van der Waals surface area contributed by atoms with Gasteiger partial charge in [0.05, 0.1) is 7.11 Å². The highest BCUT2D eigenvalue weighted by Gasteiger charge is 2.13. The van der Waals surface area contributed by atoms with E-state index >= 15 is 0 Å². The minimum Gasteiger partial charge on any atom is -0.496 e. The molecule has 0 spiro atoms. The molecule has 1 rings (SSSR count). The van der Waals surface area contributed by atoms with Crippen LogP contribution in [0.3, 0.4) is 0 Å². The van der Waals surface area contributed by atoms with E-state index in [0.29, 0.717) is 11.3 Å². The quantitative estimate of drug-likeness (QED) is 0.477. The second-order valence-electron chi connectivity index (χ2n) is 3.16. The Balaban J connectivity index is 3.23. The Morgan fingerprint density at radius 1 is 1.31 bits per heavy atom. The number of rotatable bonds is 4. The monoisotopic (exact) mass is 220 g/mol. The Kier molecular flexibility index (Phi) is 3.83. The summed E-state index contributed by atoms with van der Waals surface area (Å²) in [5, 5.41) is 8.84. The van der Waals surface area contributed by atoms with E-state index < -0.39 is 11.8 Å². The summed E-state index contributed by atoms with van der Waals surface area (Å²) in [6.07, 6.45) is 1.31. The van der Waals surface area contributed by atoms with Crippen molar-refractivity contribution in [1.82, 2.24) is 0 Å². The molecular formula is C12H12O4. The van der Waals surface area contributed by atoms with Crippen molar-refractivity contribution in [2.45, 2.75) is 6.92 Å². The van der Waals surface area contributed by atoms with Crippen LogP contribution in [-0.2, 0) is 9.59 Å². The molecule has 0 radical (unpaired) electrons. The van der Waals surface area contributed by atoms with E-state index in [9.17, 15) is 9.59 Å². The Hall–Kier alpha value is -2.10. The number of hydrogen-bond donors (Lipinski definition) is 1. The van der Waals surface area contributed by atoms with E-state index in [0.717, 1.165) is 0 Å². The summed E-state index contributed by atoms with van der Waals surface area (Å²) in [7, 11) is 1.49. The Morgan fingerprint density at radius 2 is 1.94 bits per heavy atom. The average molecular weight is 220 g/mol. The highest BCUT2D eigenvalue weighted by molar-refractivity contribution is 6.19. The van der Waals surface area contributed by atoms with Crippen LogP contribution in [0.15, 0.2) is 29.8 Å². The zero-order valence-corrected chi connectivity index (χ0v) is 9.06. The number of benzene rings is 1. The lowest BCUT2D eigenvalue weighted by atomic mass is 10.1. The normalized spacial score (nSPS) is 11.0. The molecule has 4 heteroatoms. The Bertz CT molecular complexity index is 430. The van der Waals surface area contributed by atoms with Crippen LogP contribution in [0, 0.1) is 0 Å². The summed E-state index contributed by atoms with van der Waals surface area (Å²) in [6, 6.07) is 6.90. The molecule has 1 aromatic carbocycles. The zero-order chi connectivity index (χ0) is 12.1. The number of carboxylic acid groups (broad SMARTS) is 1. The molecule has 0 bridgehead atoms. The molecule has 4 nitrogen and oxygen atoms in total. The number of carboxylic acids is 1. The molecule has 16 heavy (non-hydrogen) atoms. The summed E-state index contributed by atoms with van der Waals surface area (Å²) in [4.78, 5) is 21.9. The highest BCUT2D eigenvalue weighted by atomic mass is 16.5. The minimum atomic E-state index is -1.24. The lowest BCUT2D eigenvalue weighted by Gasteiger charge is -2.04. The number of para-hydroxylation sites is 1. The summed E-state index contributed by atoms with van der Waals surface area (Å²) < 4.78 is 5.06. The maximum Gasteiger partial charge on any atom is 0.339 e. The first kappa shape index (κ1) is 12.0. The van der Waals surface area contributed by atoms with Crippen LogP contribution in [0.1, 0.15) is 12.5 Å². The largest absolute Gasteiger partial charge is 0.496 e. The second kappa shape index (κ2) is 5.11. The van der Waals surface area contributed by atoms with E-state index in [2.05, 4.69) is 0 Å². The van der Waals surface area contributed by atoms with Crippen molar-refractivity contribution in [2.24, 2.45) is 0 Å². The van der Waals surface area contributed by atoms with Crippen LogP contribution in [0.4, 0.5) is 0 Å². The first-order chi connectivity index (χ1) is 7.56. The molecule has 0 aliphatic carbocycles. The average Bonchev–Trinajstić information content (AvgIpc) is 2.25. The topological polar surface area (TPSA) is 63.6 Å². The molecule has 0 atom stereocenters. The molecule has 0 amide bonds. The minimum absolute atomic E-state index is 0.260. The molecule has 0 aromatic heterocycles. The summed E-state index contributed by atoms with van der Waals surface area (Å²) in [5.41, 5.74) is 0.308. The lowest BCUT2D eigenvalue weighted by Crippen LogP contribution is -2.08. The van der Waals surface area contributed by atoms with Crippen molar-refractivity contribution in [3.63, 3.8) is 0 Å².